The Kier molecular flexibility index (Phi) is 0.579. The number of benzene rings is 2. The van der Waals surface area contributed by atoms with Gasteiger partial charge < -0.3 is 0 Å². The molecule has 0 bridgehead atoms. The van der Waals surface area contributed by atoms with E-state index < -0.39 is 42.3 Å². The molecule has 2 aromatic carbocycles. The van der Waals surface area contributed by atoms with Crippen molar-refractivity contribution in [2.24, 2.45) is 0 Å². The molecule has 0 saturated heterocycles. The number of fused-ring (bicyclic) bond motifs is 1. The molecule has 0 amide bonds. The molecule has 0 atom stereocenters. The highest BCUT2D eigenvalue weighted by molar-refractivity contribution is 5.87. The Hall–Kier alpha value is -1.81. The Morgan fingerprint density at radius 1 is 1.08 bits per heavy atom. The summed E-state index contributed by atoms with van der Waals surface area (Å²) in [5, 5.41) is 8.68. The summed E-state index contributed by atoms with van der Waals surface area (Å²) in [6.45, 7) is 0. The van der Waals surface area contributed by atoms with E-state index in [0.29, 0.717) is 0 Å². The Labute approximate surface area is 80.7 Å². The second kappa shape index (κ2) is 2.67. The smallest absolute Gasteiger partial charge is 0.0998 e. The molecule has 2 rings (SSSR count). The highest BCUT2D eigenvalue weighted by Gasteiger charge is 1.96. The lowest BCUT2D eigenvalue weighted by Crippen LogP contribution is -1.77. The van der Waals surface area contributed by atoms with Gasteiger partial charge in [-0.05, 0) is 16.8 Å². The van der Waals surface area contributed by atoms with Gasteiger partial charge in [-0.25, -0.2) is 0 Å². The molecule has 0 fully saturated rings. The van der Waals surface area contributed by atoms with Crippen LogP contribution in [0, 0.1) is 11.3 Å². The molecule has 56 valence electrons. The molecule has 0 saturated carbocycles. The Morgan fingerprint density at radius 3 is 2.67 bits per heavy atom. The third-order valence-electron chi connectivity index (χ3n) is 1.42. The maximum absolute atomic E-state index is 9.04. The molecule has 1 nitrogen and oxygen atoms in total. The van der Waals surface area contributed by atoms with Crippen LogP contribution in [-0.4, -0.2) is 0 Å². The van der Waals surface area contributed by atoms with Crippen LogP contribution in [0.1, 0.15) is 15.2 Å². The van der Waals surface area contributed by atoms with Gasteiger partial charge in [-0.2, -0.15) is 5.26 Å². The van der Waals surface area contributed by atoms with Gasteiger partial charge >= 0.3 is 0 Å². The average Bonchev–Trinajstić information content (AvgIpc) is 2.40. The normalized spacial score (nSPS) is 17.8. The molecular weight excluding hydrogens is 146 g/mol. The monoisotopic (exact) mass is 160 g/mol. The third kappa shape index (κ3) is 0.943. The van der Waals surface area contributed by atoms with Crippen molar-refractivity contribution >= 4 is 10.8 Å². The van der Waals surface area contributed by atoms with Crippen molar-refractivity contribution in [3.05, 3.63) is 47.9 Å². The van der Waals surface area contributed by atoms with Crippen LogP contribution in [0.4, 0.5) is 0 Å². The number of hydrogen-bond donors (Lipinski definition) is 0. The molecule has 0 aromatic heterocycles. The van der Waals surface area contributed by atoms with Gasteiger partial charge in [0.1, 0.15) is 0 Å². The van der Waals surface area contributed by atoms with Crippen LogP contribution in [0.3, 0.4) is 0 Å². The highest BCUT2D eigenvalue weighted by atomic mass is 14.2. The number of nitriles is 1. The van der Waals surface area contributed by atoms with Gasteiger partial charge in [0, 0.05) is 0 Å². The first-order chi connectivity index (χ1) is 8.82. The minimum absolute atomic E-state index is 0.167. The van der Waals surface area contributed by atoms with Crippen LogP contribution in [0.5, 0.6) is 0 Å². The van der Waals surface area contributed by atoms with Crippen molar-refractivity contribution in [2.45, 2.75) is 0 Å². The fraction of sp³-hybridized carbons (Fsp3) is 0. The zero-order valence-electron chi connectivity index (χ0n) is 12.9. The second-order valence-electron chi connectivity index (χ2n) is 2.11. The van der Waals surface area contributed by atoms with Gasteiger partial charge in [0.15, 0.2) is 0 Å². The lowest BCUT2D eigenvalue weighted by molar-refractivity contribution is 1.50. The van der Waals surface area contributed by atoms with Gasteiger partial charge in [-0.3, -0.25) is 0 Å². The molecule has 2 aromatic rings. The Bertz CT molecular complexity index is 752. The van der Waals surface area contributed by atoms with Crippen LogP contribution < -0.4 is 0 Å². The molecule has 0 spiro atoms. The predicted octanol–water partition coefficient (Wildman–Crippen LogP) is 2.71. The number of hydrogen-bond acceptors (Lipinski definition) is 1. The molecule has 0 aliphatic rings. The molecule has 0 aliphatic heterocycles. The van der Waals surface area contributed by atoms with Gasteiger partial charge in [-0.15, -0.1) is 0 Å². The van der Waals surface area contributed by atoms with Crippen LogP contribution in [0.15, 0.2) is 42.3 Å². The fourth-order valence-corrected chi connectivity index (χ4v) is 0.896. The molecule has 0 heterocycles. The van der Waals surface area contributed by atoms with E-state index >= 15 is 0 Å². The van der Waals surface area contributed by atoms with E-state index in [1.54, 1.807) is 6.07 Å². The van der Waals surface area contributed by atoms with E-state index in [0.717, 1.165) is 0 Å². The molecule has 12 heavy (non-hydrogen) atoms. The molecule has 1 heteroatoms. The first-order valence-corrected chi connectivity index (χ1v) is 3.22. The zero-order valence-corrected chi connectivity index (χ0v) is 5.95. The summed E-state index contributed by atoms with van der Waals surface area (Å²) in [6.07, 6.45) is 0. The van der Waals surface area contributed by atoms with E-state index in [-0.39, 0.29) is 16.3 Å². The summed E-state index contributed by atoms with van der Waals surface area (Å²) in [4.78, 5) is 0. The summed E-state index contributed by atoms with van der Waals surface area (Å²) < 4.78 is 53.6. The van der Waals surface area contributed by atoms with E-state index in [1.165, 1.54) is 0 Å². The van der Waals surface area contributed by atoms with Crippen molar-refractivity contribution in [3.63, 3.8) is 0 Å². The molecule has 0 unspecified atom stereocenters. The van der Waals surface area contributed by atoms with Crippen LogP contribution in [-0.2, 0) is 0 Å². The standard InChI is InChI=1S/C11H7N/c12-8-10-6-3-5-9-4-1-2-7-11(9)10/h1-7H/i1D,2D,3D,4D,5D,6D,7D. The summed E-state index contributed by atoms with van der Waals surface area (Å²) in [5.41, 5.74) is -0.303. The quantitative estimate of drug-likeness (QED) is 0.581. The highest BCUT2D eigenvalue weighted by Crippen LogP contribution is 2.16. The number of nitrogens with zero attached hydrogens (tertiary/aromatic N) is 1. The lowest BCUT2D eigenvalue weighted by atomic mass is 10.1. The Morgan fingerprint density at radius 2 is 1.83 bits per heavy atom. The summed E-state index contributed by atoms with van der Waals surface area (Å²) in [7, 11) is 0. The topological polar surface area (TPSA) is 23.8 Å². The summed E-state index contributed by atoms with van der Waals surface area (Å²) >= 11 is 0. The summed E-state index contributed by atoms with van der Waals surface area (Å²) in [6, 6.07) is -1.77. The second-order valence-corrected chi connectivity index (χ2v) is 2.11. The SMILES string of the molecule is [2H]c1c([2H])c([2H])c2c(C#N)c([2H])c([2H])c([2H])c2c1[2H]. The van der Waals surface area contributed by atoms with E-state index in [4.69, 9.17) is 14.9 Å². The Balaban J connectivity index is 3.27. The van der Waals surface area contributed by atoms with Crippen molar-refractivity contribution in [2.75, 3.05) is 0 Å². The van der Waals surface area contributed by atoms with E-state index in [9.17, 15) is 0 Å². The van der Waals surface area contributed by atoms with E-state index in [1.807, 2.05) is 0 Å². The van der Waals surface area contributed by atoms with Gasteiger partial charge in [0.05, 0.1) is 21.2 Å². The molecule has 0 N–H and O–H groups in total. The van der Waals surface area contributed by atoms with Crippen molar-refractivity contribution in [1.29, 1.82) is 5.26 Å². The van der Waals surface area contributed by atoms with E-state index in [2.05, 4.69) is 0 Å². The largest absolute Gasteiger partial charge is 0.192 e. The minimum Gasteiger partial charge on any atom is -0.192 e. The lowest BCUT2D eigenvalue weighted by Gasteiger charge is -1.97. The van der Waals surface area contributed by atoms with Gasteiger partial charge in [-0.1, -0.05) is 36.3 Å². The van der Waals surface area contributed by atoms with Gasteiger partial charge in [0.2, 0.25) is 0 Å². The predicted molar refractivity (Wildman–Crippen MR) is 48.7 cm³/mol. The molecule has 0 radical (unpaired) electrons. The number of rotatable bonds is 0. The van der Waals surface area contributed by atoms with Crippen LogP contribution in [0.2, 0.25) is 0 Å². The maximum Gasteiger partial charge on any atom is 0.0998 e. The van der Waals surface area contributed by atoms with Crippen molar-refractivity contribution < 1.29 is 9.60 Å². The van der Waals surface area contributed by atoms with Crippen LogP contribution in [0.25, 0.3) is 10.8 Å². The maximum atomic E-state index is 9.04. The minimum atomic E-state index is -0.523. The van der Waals surface area contributed by atoms with Crippen molar-refractivity contribution in [3.8, 4) is 6.07 Å². The van der Waals surface area contributed by atoms with Crippen molar-refractivity contribution in [1.82, 2.24) is 0 Å². The zero-order chi connectivity index (χ0) is 14.5. The van der Waals surface area contributed by atoms with Crippen LogP contribution >= 0.6 is 0 Å². The fourth-order valence-electron chi connectivity index (χ4n) is 0.896. The third-order valence-corrected chi connectivity index (χ3v) is 1.42. The molecule has 0 aliphatic carbocycles. The molecular formula is C11H7N. The first kappa shape index (κ1) is 2.60. The first-order valence-electron chi connectivity index (χ1n) is 6.72. The summed E-state index contributed by atoms with van der Waals surface area (Å²) in [5.74, 6) is 0. The van der Waals surface area contributed by atoms with Gasteiger partial charge in [0.25, 0.3) is 0 Å². The average molecular weight is 160 g/mol.